The predicted molar refractivity (Wildman–Crippen MR) is 143 cm³/mol. The van der Waals surface area contributed by atoms with Crippen molar-refractivity contribution in [1.82, 2.24) is 4.90 Å². The van der Waals surface area contributed by atoms with Crippen LogP contribution in [0.15, 0.2) is 52.9 Å². The maximum Gasteiger partial charge on any atom is 0.291 e. The molecule has 2 heterocycles. The number of hydrogen-bond donors (Lipinski definition) is 1. The Hall–Kier alpha value is -3.85. The molecular formula is C27H29ClN4O5. The first kappa shape index (κ1) is 26.2. The molecule has 0 aliphatic carbocycles. The van der Waals surface area contributed by atoms with Crippen LogP contribution in [0.5, 0.6) is 0 Å². The van der Waals surface area contributed by atoms with Crippen LogP contribution < -0.4 is 10.2 Å². The summed E-state index contributed by atoms with van der Waals surface area (Å²) in [5, 5.41) is 14.8. The van der Waals surface area contributed by atoms with Gasteiger partial charge in [-0.3, -0.25) is 19.7 Å². The largest absolute Gasteiger partial charge is 0.451 e. The van der Waals surface area contributed by atoms with E-state index >= 15 is 0 Å². The molecule has 1 saturated heterocycles. The third-order valence-electron chi connectivity index (χ3n) is 6.21. The average Bonchev–Trinajstić information content (AvgIpc) is 3.34. The number of carbonyl (C=O) groups is 2. The summed E-state index contributed by atoms with van der Waals surface area (Å²) in [4.78, 5) is 40.5. The van der Waals surface area contributed by atoms with Crippen LogP contribution in [0.25, 0.3) is 11.3 Å². The number of hydrogen-bond acceptors (Lipinski definition) is 6. The van der Waals surface area contributed by atoms with Crippen molar-refractivity contribution < 1.29 is 18.9 Å². The third-order valence-corrected chi connectivity index (χ3v) is 6.44. The molecule has 0 radical (unpaired) electrons. The van der Waals surface area contributed by atoms with Gasteiger partial charge in [-0.1, -0.05) is 31.5 Å². The van der Waals surface area contributed by atoms with E-state index in [0.29, 0.717) is 54.8 Å². The first-order valence-electron chi connectivity index (χ1n) is 12.1. The van der Waals surface area contributed by atoms with E-state index < -0.39 is 10.8 Å². The number of furan rings is 1. The number of nitrogens with zero attached hydrogens (tertiary/aromatic N) is 3. The molecule has 1 aromatic heterocycles. The maximum absolute atomic E-state index is 13.1. The van der Waals surface area contributed by atoms with Gasteiger partial charge in [0.05, 0.1) is 21.9 Å². The molecule has 37 heavy (non-hydrogen) atoms. The number of nitro groups is 1. The molecule has 1 N–H and O–H groups in total. The molecule has 0 atom stereocenters. The molecular weight excluding hydrogens is 496 g/mol. The van der Waals surface area contributed by atoms with Crippen LogP contribution in [-0.4, -0.2) is 47.8 Å². The predicted octanol–water partition coefficient (Wildman–Crippen LogP) is 5.76. The first-order chi connectivity index (χ1) is 17.6. The fourth-order valence-electron chi connectivity index (χ4n) is 4.35. The number of aryl methyl sites for hydroxylation is 1. The van der Waals surface area contributed by atoms with Crippen LogP contribution in [0.4, 0.5) is 17.1 Å². The van der Waals surface area contributed by atoms with E-state index in [1.165, 1.54) is 12.1 Å². The second kappa shape index (κ2) is 11.0. The van der Waals surface area contributed by atoms with Crippen LogP contribution in [0, 0.1) is 23.0 Å². The SMILES string of the molecule is Cc1ccc(-c2ccc(C(=O)Nc3cc(Cl)ccc3N3CCN(C(=O)CC(C)C)CC3)o2)c([N+](=O)[O-])c1. The summed E-state index contributed by atoms with van der Waals surface area (Å²) < 4.78 is 5.71. The van der Waals surface area contributed by atoms with E-state index in [2.05, 4.69) is 10.2 Å². The molecule has 194 valence electrons. The fraction of sp³-hybridized carbons (Fsp3) is 0.333. The Kier molecular flexibility index (Phi) is 7.83. The number of halogens is 1. The van der Waals surface area contributed by atoms with Crippen LogP contribution in [0.3, 0.4) is 0 Å². The Balaban J connectivity index is 1.50. The number of nitrogens with one attached hydrogen (secondary N) is 1. The van der Waals surface area contributed by atoms with Crippen LogP contribution in [-0.2, 0) is 4.79 Å². The van der Waals surface area contributed by atoms with E-state index in [1.54, 1.807) is 37.3 Å². The molecule has 1 aliphatic heterocycles. The Labute approximate surface area is 220 Å². The lowest BCUT2D eigenvalue weighted by Crippen LogP contribution is -2.49. The number of anilines is 2. The van der Waals surface area contributed by atoms with Crippen molar-refractivity contribution in [2.75, 3.05) is 36.4 Å². The van der Waals surface area contributed by atoms with Crippen molar-refractivity contribution in [2.45, 2.75) is 27.2 Å². The molecule has 4 rings (SSSR count). The zero-order valence-corrected chi connectivity index (χ0v) is 21.7. The molecule has 0 unspecified atom stereocenters. The lowest BCUT2D eigenvalue weighted by Gasteiger charge is -2.37. The molecule has 2 aromatic carbocycles. The summed E-state index contributed by atoms with van der Waals surface area (Å²) in [6.45, 7) is 8.26. The van der Waals surface area contributed by atoms with Gasteiger partial charge in [0, 0.05) is 43.7 Å². The van der Waals surface area contributed by atoms with Gasteiger partial charge in [-0.2, -0.15) is 0 Å². The Morgan fingerprint density at radius 3 is 2.49 bits per heavy atom. The smallest absolute Gasteiger partial charge is 0.291 e. The van der Waals surface area contributed by atoms with Gasteiger partial charge in [-0.25, -0.2) is 0 Å². The number of benzene rings is 2. The van der Waals surface area contributed by atoms with E-state index in [9.17, 15) is 19.7 Å². The maximum atomic E-state index is 13.1. The van der Waals surface area contributed by atoms with Gasteiger partial charge < -0.3 is 19.5 Å². The van der Waals surface area contributed by atoms with Crippen molar-refractivity contribution in [2.24, 2.45) is 5.92 Å². The summed E-state index contributed by atoms with van der Waals surface area (Å²) in [7, 11) is 0. The number of nitro benzene ring substituents is 1. The summed E-state index contributed by atoms with van der Waals surface area (Å²) >= 11 is 6.23. The third kappa shape index (κ3) is 6.11. The molecule has 3 aromatic rings. The van der Waals surface area contributed by atoms with Crippen LogP contribution in [0.1, 0.15) is 36.4 Å². The highest BCUT2D eigenvalue weighted by Crippen LogP contribution is 2.34. The highest BCUT2D eigenvalue weighted by molar-refractivity contribution is 6.31. The normalized spacial score (nSPS) is 13.6. The van der Waals surface area contributed by atoms with Gasteiger partial charge >= 0.3 is 0 Å². The van der Waals surface area contributed by atoms with Gasteiger partial charge in [-0.15, -0.1) is 0 Å². The number of piperazine rings is 1. The summed E-state index contributed by atoms with van der Waals surface area (Å²) in [5.74, 6) is 0.199. The lowest BCUT2D eigenvalue weighted by atomic mass is 10.1. The number of carbonyl (C=O) groups excluding carboxylic acids is 2. The Bertz CT molecular complexity index is 1330. The van der Waals surface area contributed by atoms with E-state index in [1.807, 2.05) is 24.8 Å². The molecule has 2 amide bonds. The lowest BCUT2D eigenvalue weighted by molar-refractivity contribution is -0.384. The zero-order chi connectivity index (χ0) is 26.7. The van der Waals surface area contributed by atoms with E-state index in [0.717, 1.165) is 11.3 Å². The van der Waals surface area contributed by atoms with Gasteiger partial charge in [-0.05, 0) is 54.8 Å². The second-order valence-corrected chi connectivity index (χ2v) is 9.96. The minimum atomic E-state index is -0.504. The topological polar surface area (TPSA) is 109 Å². The van der Waals surface area contributed by atoms with Gasteiger partial charge in [0.2, 0.25) is 5.91 Å². The summed E-state index contributed by atoms with van der Waals surface area (Å²) in [5.41, 5.74) is 2.25. The van der Waals surface area contributed by atoms with Crippen LogP contribution >= 0.6 is 11.6 Å². The highest BCUT2D eigenvalue weighted by atomic mass is 35.5. The molecule has 1 aliphatic rings. The summed E-state index contributed by atoms with van der Waals surface area (Å²) in [6.07, 6.45) is 0.527. The van der Waals surface area contributed by atoms with Crippen molar-refractivity contribution in [1.29, 1.82) is 0 Å². The average molecular weight is 525 g/mol. The zero-order valence-electron chi connectivity index (χ0n) is 21.0. The van der Waals surface area contributed by atoms with Gasteiger partial charge in [0.15, 0.2) is 5.76 Å². The molecule has 9 nitrogen and oxygen atoms in total. The van der Waals surface area contributed by atoms with Crippen molar-refractivity contribution in [3.8, 4) is 11.3 Å². The number of amides is 2. The van der Waals surface area contributed by atoms with Gasteiger partial charge in [0.1, 0.15) is 5.76 Å². The standard InChI is InChI=1S/C27H29ClN4O5/c1-17(2)14-26(33)31-12-10-30(11-13-31)22-7-5-19(28)16-21(22)29-27(34)25-9-8-24(37-25)20-6-4-18(3)15-23(20)32(35)36/h4-9,15-17H,10-14H2,1-3H3,(H,29,34). The van der Waals surface area contributed by atoms with Crippen molar-refractivity contribution >= 4 is 40.5 Å². The molecule has 0 saturated carbocycles. The second-order valence-electron chi connectivity index (χ2n) is 9.52. The highest BCUT2D eigenvalue weighted by Gasteiger charge is 2.25. The molecule has 10 heteroatoms. The van der Waals surface area contributed by atoms with Gasteiger partial charge in [0.25, 0.3) is 11.6 Å². The first-order valence-corrected chi connectivity index (χ1v) is 12.5. The minimum absolute atomic E-state index is 0.0138. The monoisotopic (exact) mass is 524 g/mol. The van der Waals surface area contributed by atoms with Crippen LogP contribution in [0.2, 0.25) is 5.02 Å². The fourth-order valence-corrected chi connectivity index (χ4v) is 4.52. The minimum Gasteiger partial charge on any atom is -0.451 e. The quantitative estimate of drug-likeness (QED) is 0.311. The molecule has 1 fully saturated rings. The molecule has 0 spiro atoms. The Morgan fingerprint density at radius 2 is 1.81 bits per heavy atom. The summed E-state index contributed by atoms with van der Waals surface area (Å²) in [6, 6.07) is 13.1. The van der Waals surface area contributed by atoms with E-state index in [4.69, 9.17) is 16.0 Å². The number of rotatable bonds is 7. The van der Waals surface area contributed by atoms with Crippen molar-refractivity contribution in [3.63, 3.8) is 0 Å². The molecule has 0 bridgehead atoms. The van der Waals surface area contributed by atoms with E-state index in [-0.39, 0.29) is 23.1 Å². The Morgan fingerprint density at radius 1 is 1.08 bits per heavy atom. The van der Waals surface area contributed by atoms with Crippen molar-refractivity contribution in [3.05, 3.63) is 75.0 Å².